The minimum Gasteiger partial charge on any atom is -0.467 e. The van der Waals surface area contributed by atoms with Crippen LogP contribution in [0.5, 0.6) is 0 Å². The van der Waals surface area contributed by atoms with Crippen LogP contribution in [0.4, 0.5) is 9.18 Å². The summed E-state index contributed by atoms with van der Waals surface area (Å²) >= 11 is 0. The predicted octanol–water partition coefficient (Wildman–Crippen LogP) is 2.65. The van der Waals surface area contributed by atoms with Gasteiger partial charge >= 0.3 is 12.1 Å². The van der Waals surface area contributed by atoms with Gasteiger partial charge < -0.3 is 9.47 Å². The lowest BCUT2D eigenvalue weighted by molar-refractivity contribution is -0.141. The van der Waals surface area contributed by atoms with Crippen LogP contribution in [0.1, 0.15) is 11.1 Å². The molecule has 0 spiro atoms. The van der Waals surface area contributed by atoms with Crippen molar-refractivity contribution in [3.05, 3.63) is 71.5 Å². The topological polar surface area (TPSA) is 64.6 Å². The first-order valence-electron chi connectivity index (χ1n) is 7.40. The van der Waals surface area contributed by atoms with Crippen molar-refractivity contribution in [2.75, 3.05) is 7.11 Å². The molecule has 0 aliphatic heterocycles. The molecule has 2 rings (SSSR count). The lowest BCUT2D eigenvalue weighted by Crippen LogP contribution is -2.40. The number of methoxy groups -OCH3 is 1. The van der Waals surface area contributed by atoms with Gasteiger partial charge in [-0.05, 0) is 29.8 Å². The number of carbonyl (C=O) groups is 2. The second kappa shape index (κ2) is 9.08. The van der Waals surface area contributed by atoms with Gasteiger partial charge in [-0.1, -0.05) is 42.2 Å². The number of hydrogen-bond donors (Lipinski definition) is 1. The molecule has 0 saturated carbocycles. The molecule has 1 unspecified atom stereocenters. The monoisotopic (exact) mass is 341 g/mol. The van der Waals surface area contributed by atoms with Crippen molar-refractivity contribution in [2.45, 2.75) is 12.6 Å². The van der Waals surface area contributed by atoms with Gasteiger partial charge in [0.15, 0.2) is 6.04 Å². The Morgan fingerprint density at radius 3 is 2.44 bits per heavy atom. The number of amides is 1. The van der Waals surface area contributed by atoms with Crippen LogP contribution < -0.4 is 5.32 Å². The molecular weight excluding hydrogens is 325 g/mol. The highest BCUT2D eigenvalue weighted by atomic mass is 19.1. The van der Waals surface area contributed by atoms with Crippen molar-refractivity contribution in [1.29, 1.82) is 0 Å². The maximum Gasteiger partial charge on any atom is 0.408 e. The van der Waals surface area contributed by atoms with Gasteiger partial charge in [-0.25, -0.2) is 14.0 Å². The third-order valence-corrected chi connectivity index (χ3v) is 3.12. The Balaban J connectivity index is 1.99. The Bertz CT molecular complexity index is 779. The Labute approximate surface area is 144 Å². The Morgan fingerprint density at radius 1 is 1.12 bits per heavy atom. The van der Waals surface area contributed by atoms with Gasteiger partial charge in [0.25, 0.3) is 0 Å². The summed E-state index contributed by atoms with van der Waals surface area (Å²) in [5.74, 6) is 4.13. The molecule has 1 N–H and O–H groups in total. The van der Waals surface area contributed by atoms with E-state index in [1.807, 2.05) is 18.2 Å². The van der Waals surface area contributed by atoms with Crippen LogP contribution in [-0.2, 0) is 20.9 Å². The molecule has 0 saturated heterocycles. The molecule has 0 heterocycles. The fourth-order valence-electron chi connectivity index (χ4n) is 1.84. The molecule has 128 valence electrons. The molecule has 25 heavy (non-hydrogen) atoms. The summed E-state index contributed by atoms with van der Waals surface area (Å²) in [5.41, 5.74) is 1.31. The number of carbonyl (C=O) groups excluding carboxylic acids is 2. The van der Waals surface area contributed by atoms with Gasteiger partial charge in [0, 0.05) is 5.56 Å². The molecule has 0 radical (unpaired) electrons. The Hall–Kier alpha value is -3.33. The molecule has 0 bridgehead atoms. The lowest BCUT2D eigenvalue weighted by Gasteiger charge is -2.11. The van der Waals surface area contributed by atoms with Gasteiger partial charge in [-0.3, -0.25) is 5.32 Å². The number of esters is 1. The molecule has 5 nitrogen and oxygen atoms in total. The smallest absolute Gasteiger partial charge is 0.408 e. The molecular formula is C19H16FNO4. The maximum atomic E-state index is 12.9. The summed E-state index contributed by atoms with van der Waals surface area (Å²) in [7, 11) is 1.19. The van der Waals surface area contributed by atoms with E-state index in [9.17, 15) is 14.0 Å². The van der Waals surface area contributed by atoms with Gasteiger partial charge in [-0.2, -0.15) is 0 Å². The number of benzene rings is 2. The van der Waals surface area contributed by atoms with Crippen LogP contribution in [0.15, 0.2) is 54.6 Å². The Morgan fingerprint density at radius 2 is 1.80 bits per heavy atom. The molecule has 2 aromatic rings. The molecule has 1 amide bonds. The predicted molar refractivity (Wildman–Crippen MR) is 88.8 cm³/mol. The average Bonchev–Trinajstić information content (AvgIpc) is 2.65. The molecule has 0 aromatic heterocycles. The van der Waals surface area contributed by atoms with Crippen LogP contribution in [0, 0.1) is 17.7 Å². The summed E-state index contributed by atoms with van der Waals surface area (Å²) < 4.78 is 22.5. The second-order valence-corrected chi connectivity index (χ2v) is 4.94. The van der Waals surface area contributed by atoms with Crippen LogP contribution in [0.3, 0.4) is 0 Å². The minimum atomic E-state index is -1.20. The largest absolute Gasteiger partial charge is 0.467 e. The summed E-state index contributed by atoms with van der Waals surface area (Å²) in [6, 6.07) is 13.3. The first-order chi connectivity index (χ1) is 12.1. The van der Waals surface area contributed by atoms with Crippen molar-refractivity contribution >= 4 is 12.1 Å². The normalized spacial score (nSPS) is 10.8. The molecule has 0 fully saturated rings. The number of hydrogen-bond acceptors (Lipinski definition) is 4. The van der Waals surface area contributed by atoms with Crippen molar-refractivity contribution in [2.24, 2.45) is 0 Å². The molecule has 1 atom stereocenters. The zero-order chi connectivity index (χ0) is 18.1. The van der Waals surface area contributed by atoms with Gasteiger partial charge in [0.2, 0.25) is 0 Å². The zero-order valence-electron chi connectivity index (χ0n) is 13.5. The maximum absolute atomic E-state index is 12.9. The fraction of sp³-hybridized carbons (Fsp3) is 0.158. The molecule has 6 heteroatoms. The minimum absolute atomic E-state index is 0.0615. The number of alkyl carbamates (subject to hydrolysis) is 1. The molecule has 0 aliphatic rings. The van der Waals surface area contributed by atoms with Crippen molar-refractivity contribution in [1.82, 2.24) is 5.32 Å². The first kappa shape index (κ1) is 18.0. The van der Waals surface area contributed by atoms with E-state index in [1.165, 1.54) is 31.4 Å². The summed E-state index contributed by atoms with van der Waals surface area (Å²) in [4.78, 5) is 23.6. The van der Waals surface area contributed by atoms with E-state index in [-0.39, 0.29) is 6.61 Å². The zero-order valence-corrected chi connectivity index (χ0v) is 13.5. The van der Waals surface area contributed by atoms with Crippen LogP contribution in [0.25, 0.3) is 0 Å². The standard InChI is InChI=1S/C19H16FNO4/c1-24-18(22)17(12-9-14-7-10-16(20)11-8-14)21-19(23)25-13-15-5-3-2-4-6-15/h2-8,10-11,17H,13H2,1H3,(H,21,23). The summed E-state index contributed by atoms with van der Waals surface area (Å²) in [5, 5.41) is 2.34. The second-order valence-electron chi connectivity index (χ2n) is 4.94. The summed E-state index contributed by atoms with van der Waals surface area (Å²) in [6.45, 7) is 0.0615. The molecule has 2 aromatic carbocycles. The number of halogens is 1. The highest BCUT2D eigenvalue weighted by Gasteiger charge is 2.19. The number of nitrogens with one attached hydrogen (secondary N) is 1. The van der Waals surface area contributed by atoms with E-state index in [2.05, 4.69) is 21.9 Å². The van der Waals surface area contributed by atoms with Crippen LogP contribution in [-0.4, -0.2) is 25.2 Å². The molecule has 0 aliphatic carbocycles. The van der Waals surface area contributed by atoms with Gasteiger partial charge in [0.1, 0.15) is 12.4 Å². The van der Waals surface area contributed by atoms with Crippen LogP contribution in [0.2, 0.25) is 0 Å². The SMILES string of the molecule is COC(=O)C(C#Cc1ccc(F)cc1)NC(=O)OCc1ccccc1. The van der Waals surface area contributed by atoms with E-state index in [0.29, 0.717) is 5.56 Å². The lowest BCUT2D eigenvalue weighted by atomic mass is 10.2. The summed E-state index contributed by atoms with van der Waals surface area (Å²) in [6.07, 6.45) is -0.798. The fourth-order valence-corrected chi connectivity index (χ4v) is 1.84. The Kier molecular flexibility index (Phi) is 6.55. The van der Waals surface area contributed by atoms with Gasteiger partial charge in [0.05, 0.1) is 7.11 Å². The van der Waals surface area contributed by atoms with Crippen LogP contribution >= 0.6 is 0 Å². The quantitative estimate of drug-likeness (QED) is 0.686. The van der Waals surface area contributed by atoms with Crippen molar-refractivity contribution in [3.8, 4) is 11.8 Å². The number of ether oxygens (including phenoxy) is 2. The number of rotatable bonds is 4. The van der Waals surface area contributed by atoms with E-state index in [1.54, 1.807) is 12.1 Å². The van der Waals surface area contributed by atoms with E-state index < -0.39 is 23.9 Å². The van der Waals surface area contributed by atoms with Crippen molar-refractivity contribution in [3.63, 3.8) is 0 Å². The van der Waals surface area contributed by atoms with Crippen molar-refractivity contribution < 1.29 is 23.5 Å². The highest BCUT2D eigenvalue weighted by molar-refractivity contribution is 5.84. The highest BCUT2D eigenvalue weighted by Crippen LogP contribution is 2.02. The third-order valence-electron chi connectivity index (χ3n) is 3.12. The van der Waals surface area contributed by atoms with E-state index in [4.69, 9.17) is 4.74 Å². The average molecular weight is 341 g/mol. The van der Waals surface area contributed by atoms with E-state index in [0.717, 1.165) is 5.56 Å². The first-order valence-corrected chi connectivity index (χ1v) is 7.40. The third kappa shape index (κ3) is 5.99. The van der Waals surface area contributed by atoms with E-state index >= 15 is 0 Å². The van der Waals surface area contributed by atoms with Gasteiger partial charge in [-0.15, -0.1) is 0 Å².